The number of aliphatic hydroxyl groups excluding tert-OH is 1. The maximum Gasteiger partial charge on any atom is 0.325 e. The number of hydrogen-bond acceptors (Lipinski definition) is 3. The second kappa shape index (κ2) is 4.64. The second-order valence-corrected chi connectivity index (χ2v) is 5.28. The Labute approximate surface area is 101 Å². The van der Waals surface area contributed by atoms with Gasteiger partial charge in [0, 0.05) is 13.2 Å². The summed E-state index contributed by atoms with van der Waals surface area (Å²) in [4.78, 5) is 25.4. The monoisotopic (exact) mass is 240 g/mol. The largest absolute Gasteiger partial charge is 0.396 e. The molecule has 0 bridgehead atoms. The van der Waals surface area contributed by atoms with Crippen molar-refractivity contribution in [3.8, 4) is 0 Å². The summed E-state index contributed by atoms with van der Waals surface area (Å²) in [6.07, 6.45) is 4.63. The van der Waals surface area contributed by atoms with Crippen molar-refractivity contribution in [1.82, 2.24) is 10.2 Å². The third kappa shape index (κ3) is 2.16. The summed E-state index contributed by atoms with van der Waals surface area (Å²) in [5, 5.41) is 11.9. The molecule has 2 rings (SSSR count). The molecule has 1 unspecified atom stereocenters. The number of carbonyl (C=O) groups is 2. The number of aliphatic hydroxyl groups is 1. The standard InChI is InChI=1S/C12H20N2O3/c1-9(8-15)7-14-10(16)12(13-11(14)17)5-3-2-4-6-12/h9,15H,2-8H2,1H3,(H,13,17). The fraction of sp³-hybridized carbons (Fsp3) is 0.833. The van der Waals surface area contributed by atoms with E-state index in [1.54, 1.807) is 0 Å². The molecular formula is C12H20N2O3. The minimum absolute atomic E-state index is 0.00986. The normalized spacial score (nSPS) is 25.2. The number of hydrogen-bond donors (Lipinski definition) is 2. The molecule has 1 spiro atoms. The average Bonchev–Trinajstić information content (AvgIpc) is 2.55. The highest BCUT2D eigenvalue weighted by atomic mass is 16.3. The van der Waals surface area contributed by atoms with Gasteiger partial charge in [-0.3, -0.25) is 9.69 Å². The molecular weight excluding hydrogens is 220 g/mol. The van der Waals surface area contributed by atoms with Crippen LogP contribution in [0, 0.1) is 5.92 Å². The van der Waals surface area contributed by atoms with Crippen LogP contribution in [0.25, 0.3) is 0 Å². The summed E-state index contributed by atoms with van der Waals surface area (Å²) in [6.45, 7) is 2.12. The number of carbonyl (C=O) groups excluding carboxylic acids is 2. The first-order valence-electron chi connectivity index (χ1n) is 6.34. The van der Waals surface area contributed by atoms with E-state index in [9.17, 15) is 9.59 Å². The van der Waals surface area contributed by atoms with Crippen LogP contribution in [0.15, 0.2) is 0 Å². The zero-order valence-electron chi connectivity index (χ0n) is 10.2. The van der Waals surface area contributed by atoms with Gasteiger partial charge in [0.15, 0.2) is 0 Å². The molecule has 2 fully saturated rings. The van der Waals surface area contributed by atoms with E-state index in [4.69, 9.17) is 5.11 Å². The van der Waals surface area contributed by atoms with E-state index < -0.39 is 5.54 Å². The van der Waals surface area contributed by atoms with Crippen molar-refractivity contribution in [3.63, 3.8) is 0 Å². The van der Waals surface area contributed by atoms with Gasteiger partial charge >= 0.3 is 6.03 Å². The molecule has 1 atom stereocenters. The lowest BCUT2D eigenvalue weighted by Crippen LogP contribution is -2.48. The van der Waals surface area contributed by atoms with Gasteiger partial charge in [-0.05, 0) is 18.8 Å². The van der Waals surface area contributed by atoms with Crippen LogP contribution in [-0.2, 0) is 4.79 Å². The average molecular weight is 240 g/mol. The van der Waals surface area contributed by atoms with Crippen LogP contribution in [0.1, 0.15) is 39.0 Å². The summed E-state index contributed by atoms with van der Waals surface area (Å²) >= 11 is 0. The highest BCUT2D eigenvalue weighted by Gasteiger charge is 2.51. The molecule has 5 heteroatoms. The van der Waals surface area contributed by atoms with Crippen LogP contribution < -0.4 is 5.32 Å². The fourth-order valence-electron chi connectivity index (χ4n) is 2.71. The Morgan fingerprint density at radius 2 is 2.00 bits per heavy atom. The van der Waals surface area contributed by atoms with Gasteiger partial charge < -0.3 is 10.4 Å². The molecule has 17 heavy (non-hydrogen) atoms. The molecule has 1 saturated heterocycles. The van der Waals surface area contributed by atoms with Gasteiger partial charge in [-0.2, -0.15) is 0 Å². The summed E-state index contributed by atoms with van der Waals surface area (Å²) < 4.78 is 0. The Bertz CT molecular complexity index is 324. The Hall–Kier alpha value is -1.10. The van der Waals surface area contributed by atoms with Crippen molar-refractivity contribution in [2.45, 2.75) is 44.6 Å². The number of urea groups is 1. The van der Waals surface area contributed by atoms with Crippen LogP contribution in [0.3, 0.4) is 0 Å². The van der Waals surface area contributed by atoms with Crippen LogP contribution in [0.2, 0.25) is 0 Å². The molecule has 0 radical (unpaired) electrons. The van der Waals surface area contributed by atoms with Gasteiger partial charge in [0.2, 0.25) is 0 Å². The van der Waals surface area contributed by atoms with E-state index in [-0.39, 0.29) is 24.5 Å². The molecule has 1 aliphatic carbocycles. The third-order valence-corrected chi connectivity index (χ3v) is 3.76. The molecule has 0 aromatic carbocycles. The first-order chi connectivity index (χ1) is 8.09. The Kier molecular flexibility index (Phi) is 3.38. The Balaban J connectivity index is 2.10. The zero-order valence-corrected chi connectivity index (χ0v) is 10.2. The van der Waals surface area contributed by atoms with E-state index >= 15 is 0 Å². The Morgan fingerprint density at radius 3 is 2.59 bits per heavy atom. The number of amides is 3. The Morgan fingerprint density at radius 1 is 1.35 bits per heavy atom. The molecule has 1 heterocycles. The molecule has 3 amide bonds. The van der Waals surface area contributed by atoms with Crippen molar-refractivity contribution in [2.24, 2.45) is 5.92 Å². The van der Waals surface area contributed by atoms with Gasteiger partial charge in [-0.15, -0.1) is 0 Å². The molecule has 5 nitrogen and oxygen atoms in total. The minimum Gasteiger partial charge on any atom is -0.396 e. The highest BCUT2D eigenvalue weighted by Crippen LogP contribution is 2.33. The number of nitrogens with zero attached hydrogens (tertiary/aromatic N) is 1. The van der Waals surface area contributed by atoms with Crippen molar-refractivity contribution in [3.05, 3.63) is 0 Å². The van der Waals surface area contributed by atoms with Crippen molar-refractivity contribution in [2.75, 3.05) is 13.2 Å². The number of imide groups is 1. The molecule has 1 aliphatic heterocycles. The summed E-state index contributed by atoms with van der Waals surface area (Å²) in [6, 6.07) is -0.294. The molecule has 1 saturated carbocycles. The quantitative estimate of drug-likeness (QED) is 0.719. The number of rotatable bonds is 3. The van der Waals surface area contributed by atoms with Gasteiger partial charge in [0.25, 0.3) is 5.91 Å². The van der Waals surface area contributed by atoms with Gasteiger partial charge in [0.05, 0.1) is 0 Å². The minimum atomic E-state index is -0.634. The van der Waals surface area contributed by atoms with Gasteiger partial charge in [-0.1, -0.05) is 26.2 Å². The molecule has 2 aliphatic rings. The fourth-order valence-corrected chi connectivity index (χ4v) is 2.71. The van der Waals surface area contributed by atoms with E-state index in [2.05, 4.69) is 5.32 Å². The molecule has 2 N–H and O–H groups in total. The van der Waals surface area contributed by atoms with Crippen molar-refractivity contribution in [1.29, 1.82) is 0 Å². The van der Waals surface area contributed by atoms with E-state index in [0.717, 1.165) is 32.1 Å². The SMILES string of the molecule is CC(CO)CN1C(=O)NC2(CCCCC2)C1=O. The molecule has 0 aromatic heterocycles. The predicted octanol–water partition coefficient (Wildman–Crippen LogP) is 0.869. The van der Waals surface area contributed by atoms with Crippen LogP contribution in [0.4, 0.5) is 4.79 Å². The third-order valence-electron chi connectivity index (χ3n) is 3.76. The lowest BCUT2D eigenvalue weighted by Gasteiger charge is -2.30. The summed E-state index contributed by atoms with van der Waals surface area (Å²) in [5.41, 5.74) is -0.634. The predicted molar refractivity (Wildman–Crippen MR) is 62.3 cm³/mol. The second-order valence-electron chi connectivity index (χ2n) is 5.28. The van der Waals surface area contributed by atoms with Crippen molar-refractivity contribution >= 4 is 11.9 Å². The molecule has 96 valence electrons. The summed E-state index contributed by atoms with van der Waals surface area (Å²) in [7, 11) is 0. The van der Waals surface area contributed by atoms with Crippen LogP contribution >= 0.6 is 0 Å². The van der Waals surface area contributed by atoms with E-state index in [0.29, 0.717) is 6.54 Å². The van der Waals surface area contributed by atoms with Crippen molar-refractivity contribution < 1.29 is 14.7 Å². The zero-order chi connectivity index (χ0) is 12.5. The molecule has 0 aromatic rings. The van der Waals surface area contributed by atoms with E-state index in [1.165, 1.54) is 4.90 Å². The smallest absolute Gasteiger partial charge is 0.325 e. The lowest BCUT2D eigenvalue weighted by molar-refractivity contribution is -0.132. The highest BCUT2D eigenvalue weighted by molar-refractivity contribution is 6.07. The van der Waals surface area contributed by atoms with E-state index in [1.807, 2.05) is 6.92 Å². The first-order valence-corrected chi connectivity index (χ1v) is 6.34. The van der Waals surface area contributed by atoms with Gasteiger partial charge in [0.1, 0.15) is 5.54 Å². The lowest BCUT2D eigenvalue weighted by atomic mass is 9.81. The maximum absolute atomic E-state index is 12.3. The topological polar surface area (TPSA) is 69.6 Å². The van der Waals surface area contributed by atoms with Crippen LogP contribution in [-0.4, -0.2) is 40.6 Å². The first kappa shape index (κ1) is 12.4. The number of nitrogens with one attached hydrogen (secondary N) is 1. The van der Waals surface area contributed by atoms with Gasteiger partial charge in [-0.25, -0.2) is 4.79 Å². The maximum atomic E-state index is 12.3. The summed E-state index contributed by atoms with van der Waals surface area (Å²) in [5.74, 6) is -0.161. The van der Waals surface area contributed by atoms with Crippen LogP contribution in [0.5, 0.6) is 0 Å².